The van der Waals surface area contributed by atoms with Crippen molar-refractivity contribution in [3.63, 3.8) is 0 Å². The number of thiocarbonyl (C=S) groups is 1. The highest BCUT2D eigenvalue weighted by Crippen LogP contribution is 1.77. The molecule has 0 radical (unpaired) electrons. The van der Waals surface area contributed by atoms with Crippen LogP contribution in [-0.4, -0.2) is 22.7 Å². The predicted molar refractivity (Wildman–Crippen MR) is 38.0 cm³/mol. The highest BCUT2D eigenvalue weighted by molar-refractivity contribution is 7.80. The molecule has 0 aromatic carbocycles. The zero-order valence-corrected chi connectivity index (χ0v) is 5.96. The van der Waals surface area contributed by atoms with Crippen LogP contribution in [0.2, 0.25) is 0 Å². The van der Waals surface area contributed by atoms with Gasteiger partial charge in [-0.2, -0.15) is 0 Å². The minimum atomic E-state index is 0.0903. The third-order valence-electron chi connectivity index (χ3n) is 0.724. The van der Waals surface area contributed by atoms with Gasteiger partial charge in [0.1, 0.15) is 0 Å². The minimum Gasteiger partial charge on any atom is -0.394 e. The smallest absolute Gasteiger partial charge is 0.0724 e. The van der Waals surface area contributed by atoms with E-state index in [-0.39, 0.29) is 12.6 Å². The average Bonchev–Trinajstić information content (AvgIpc) is 1.65. The molecule has 0 heterocycles. The van der Waals surface area contributed by atoms with E-state index in [4.69, 9.17) is 17.3 Å². The maximum Gasteiger partial charge on any atom is 0.0724 e. The van der Waals surface area contributed by atoms with Gasteiger partial charge in [-0.25, -0.2) is 0 Å². The largest absolute Gasteiger partial charge is 0.394 e. The molecule has 0 amide bonds. The Bertz CT molecular complexity index is 84.5. The molecule has 0 aliphatic heterocycles. The van der Waals surface area contributed by atoms with Crippen LogP contribution in [0.1, 0.15) is 13.8 Å². The Kier molecular flexibility index (Phi) is 3.73. The van der Waals surface area contributed by atoms with Crippen LogP contribution >= 0.6 is 12.2 Å². The Morgan fingerprint density at radius 2 is 2.38 bits per heavy atom. The summed E-state index contributed by atoms with van der Waals surface area (Å²) in [6, 6.07) is 0.0903. The van der Waals surface area contributed by atoms with Crippen LogP contribution in [0.15, 0.2) is 0 Å². The Balaban J connectivity index is 3.24. The van der Waals surface area contributed by atoms with Crippen LogP contribution < -0.4 is 5.32 Å². The fraction of sp³-hybridized carbons (Fsp3) is 0.800. The number of rotatable bonds is 2. The normalized spacial score (nSPS) is 12.9. The van der Waals surface area contributed by atoms with Crippen molar-refractivity contribution in [1.82, 2.24) is 5.32 Å². The molecule has 2 N–H and O–H groups in total. The molecule has 2 nitrogen and oxygen atoms in total. The summed E-state index contributed by atoms with van der Waals surface area (Å²) in [7, 11) is 0. The molecule has 0 saturated heterocycles. The first-order valence-corrected chi connectivity index (χ1v) is 2.95. The topological polar surface area (TPSA) is 32.3 Å². The first-order valence-electron chi connectivity index (χ1n) is 2.54. The summed E-state index contributed by atoms with van der Waals surface area (Å²) in [4.78, 5) is 0.728. The van der Waals surface area contributed by atoms with Gasteiger partial charge >= 0.3 is 0 Å². The van der Waals surface area contributed by atoms with Gasteiger partial charge in [0.05, 0.1) is 11.6 Å². The fourth-order valence-corrected chi connectivity index (χ4v) is 0.594. The zero-order valence-electron chi connectivity index (χ0n) is 5.14. The number of hydrogen-bond acceptors (Lipinski definition) is 2. The van der Waals surface area contributed by atoms with Gasteiger partial charge in [0.15, 0.2) is 0 Å². The maximum absolute atomic E-state index is 8.46. The van der Waals surface area contributed by atoms with Gasteiger partial charge in [0, 0.05) is 6.04 Å². The standard InChI is InChI=1S/C5H11NOS/c1-4(3-7)6-5(2)8/h4,7H,3H2,1-2H3,(H,6,8). The molecule has 0 rings (SSSR count). The molecule has 8 heavy (non-hydrogen) atoms. The van der Waals surface area contributed by atoms with Gasteiger partial charge in [0.25, 0.3) is 0 Å². The van der Waals surface area contributed by atoms with Crippen molar-refractivity contribution >= 4 is 17.2 Å². The van der Waals surface area contributed by atoms with Crippen molar-refractivity contribution in [3.8, 4) is 0 Å². The first kappa shape index (κ1) is 7.85. The van der Waals surface area contributed by atoms with Crippen molar-refractivity contribution in [3.05, 3.63) is 0 Å². The van der Waals surface area contributed by atoms with Crippen molar-refractivity contribution in [2.24, 2.45) is 0 Å². The van der Waals surface area contributed by atoms with Gasteiger partial charge < -0.3 is 10.4 Å². The number of hydrogen-bond donors (Lipinski definition) is 2. The molecule has 0 fully saturated rings. The van der Waals surface area contributed by atoms with E-state index in [1.807, 2.05) is 6.92 Å². The summed E-state index contributed by atoms with van der Waals surface area (Å²) in [6.45, 7) is 3.80. The Morgan fingerprint density at radius 1 is 1.88 bits per heavy atom. The number of aliphatic hydroxyl groups excluding tert-OH is 1. The van der Waals surface area contributed by atoms with E-state index < -0.39 is 0 Å². The zero-order chi connectivity index (χ0) is 6.57. The third kappa shape index (κ3) is 4.02. The van der Waals surface area contributed by atoms with Gasteiger partial charge in [-0.3, -0.25) is 0 Å². The molecule has 3 heteroatoms. The molecule has 1 atom stereocenters. The maximum atomic E-state index is 8.46. The molecule has 0 aromatic heterocycles. The molecule has 0 aliphatic rings. The summed E-state index contributed by atoms with van der Waals surface area (Å²) in [6.07, 6.45) is 0. The average molecular weight is 133 g/mol. The lowest BCUT2D eigenvalue weighted by Gasteiger charge is -2.08. The molecule has 1 unspecified atom stereocenters. The van der Waals surface area contributed by atoms with Crippen molar-refractivity contribution in [1.29, 1.82) is 0 Å². The second-order valence-corrected chi connectivity index (χ2v) is 2.40. The molecule has 0 bridgehead atoms. The molecule has 0 spiro atoms. The summed E-state index contributed by atoms with van der Waals surface area (Å²) in [5.41, 5.74) is 0. The van der Waals surface area contributed by atoms with E-state index in [0.29, 0.717) is 0 Å². The van der Waals surface area contributed by atoms with Crippen LogP contribution in [0.25, 0.3) is 0 Å². The monoisotopic (exact) mass is 133 g/mol. The van der Waals surface area contributed by atoms with Crippen LogP contribution in [0.5, 0.6) is 0 Å². The second-order valence-electron chi connectivity index (χ2n) is 1.78. The van der Waals surface area contributed by atoms with Crippen molar-refractivity contribution < 1.29 is 5.11 Å². The first-order chi connectivity index (χ1) is 3.66. The van der Waals surface area contributed by atoms with Gasteiger partial charge in [-0.1, -0.05) is 12.2 Å². The van der Waals surface area contributed by atoms with Gasteiger partial charge in [0.2, 0.25) is 0 Å². The Morgan fingerprint density at radius 3 is 2.50 bits per heavy atom. The molecule has 0 aromatic rings. The van der Waals surface area contributed by atoms with E-state index in [2.05, 4.69) is 5.32 Å². The van der Waals surface area contributed by atoms with E-state index >= 15 is 0 Å². The summed E-state index contributed by atoms with van der Waals surface area (Å²) in [5, 5.41) is 11.3. The molecule has 0 saturated carbocycles. The highest BCUT2D eigenvalue weighted by Gasteiger charge is 1.95. The summed E-state index contributed by atoms with van der Waals surface area (Å²) < 4.78 is 0. The van der Waals surface area contributed by atoms with Crippen LogP contribution in [0.4, 0.5) is 0 Å². The molecular formula is C5H11NOS. The van der Waals surface area contributed by atoms with Crippen molar-refractivity contribution in [2.45, 2.75) is 19.9 Å². The summed E-state index contributed by atoms with van der Waals surface area (Å²) in [5.74, 6) is 0. The molecule has 48 valence electrons. The molecular weight excluding hydrogens is 122 g/mol. The fourth-order valence-electron chi connectivity index (χ4n) is 0.393. The quantitative estimate of drug-likeness (QED) is 0.531. The highest BCUT2D eigenvalue weighted by atomic mass is 32.1. The minimum absolute atomic E-state index is 0.0903. The van der Waals surface area contributed by atoms with Gasteiger partial charge in [-0.15, -0.1) is 0 Å². The lowest BCUT2D eigenvalue weighted by atomic mass is 10.4. The molecule has 0 aliphatic carbocycles. The van der Waals surface area contributed by atoms with Crippen LogP contribution in [-0.2, 0) is 0 Å². The Hall–Kier alpha value is -0.150. The Labute approximate surface area is 54.9 Å². The van der Waals surface area contributed by atoms with E-state index in [9.17, 15) is 0 Å². The van der Waals surface area contributed by atoms with Crippen molar-refractivity contribution in [2.75, 3.05) is 6.61 Å². The second kappa shape index (κ2) is 3.80. The third-order valence-corrected chi connectivity index (χ3v) is 0.841. The summed E-state index contributed by atoms with van der Waals surface area (Å²) >= 11 is 4.72. The van der Waals surface area contributed by atoms with Crippen LogP contribution in [0, 0.1) is 0 Å². The SMILES string of the molecule is CC(=S)NC(C)CO. The van der Waals surface area contributed by atoms with Crippen LogP contribution in [0.3, 0.4) is 0 Å². The lowest BCUT2D eigenvalue weighted by molar-refractivity contribution is 0.264. The lowest BCUT2D eigenvalue weighted by Crippen LogP contribution is -2.31. The van der Waals surface area contributed by atoms with E-state index in [1.54, 1.807) is 6.92 Å². The number of aliphatic hydroxyl groups is 1. The predicted octanol–water partition coefficient (Wildman–Crippen LogP) is 0.304. The van der Waals surface area contributed by atoms with E-state index in [0.717, 1.165) is 4.99 Å². The van der Waals surface area contributed by atoms with Gasteiger partial charge in [-0.05, 0) is 13.8 Å². The number of nitrogens with one attached hydrogen (secondary N) is 1. The van der Waals surface area contributed by atoms with E-state index in [1.165, 1.54) is 0 Å².